The number of nitrogens with two attached hydrogens (primary N) is 2. The lowest BCUT2D eigenvalue weighted by Gasteiger charge is -2.12. The molecule has 0 saturated carbocycles. The lowest BCUT2D eigenvalue weighted by atomic mass is 10.1. The smallest absolute Gasteiger partial charge is 0.333 e. The molecule has 4 amide bonds. The Bertz CT molecular complexity index is 801. The summed E-state index contributed by atoms with van der Waals surface area (Å²) in [5.41, 5.74) is 10.2. The highest BCUT2D eigenvalue weighted by molar-refractivity contribution is 6.02. The van der Waals surface area contributed by atoms with Crippen molar-refractivity contribution >= 4 is 47.5 Å². The van der Waals surface area contributed by atoms with E-state index in [4.69, 9.17) is 26.6 Å². The lowest BCUT2D eigenvalue weighted by molar-refractivity contribution is -0.197. The molecular weight excluding hydrogens is 466 g/mol. The van der Waals surface area contributed by atoms with Gasteiger partial charge in [-0.1, -0.05) is 12.8 Å². The average Bonchev–Trinajstić information content (AvgIpc) is 3.26. The molecule has 0 radical (unpaired) electrons. The molecule has 2 rings (SSSR count). The van der Waals surface area contributed by atoms with Crippen LogP contribution in [0.4, 0.5) is 0 Å². The first-order valence-corrected chi connectivity index (χ1v) is 10.9. The lowest BCUT2D eigenvalue weighted by Crippen LogP contribution is -2.32. The molecule has 35 heavy (non-hydrogen) atoms. The highest BCUT2D eigenvalue weighted by atomic mass is 16.7. The van der Waals surface area contributed by atoms with Gasteiger partial charge < -0.3 is 26.0 Å². The fourth-order valence-electron chi connectivity index (χ4n) is 2.73. The van der Waals surface area contributed by atoms with Gasteiger partial charge in [0.15, 0.2) is 5.96 Å². The van der Waals surface area contributed by atoms with Crippen LogP contribution in [0.25, 0.3) is 0 Å². The Morgan fingerprint density at radius 3 is 1.40 bits per heavy atom. The standard InChI is InChI=1S/C16H20N2O8.C4H11N5/c19-11-7-8-12(20)17(11)25-15(23)5-3-1-2-4-6-16(24)26-18-13(21)9-10-14(18)22;1-9(2)4(7)8-3(5)6/h1-10H2;1-2H3,(H5,5,6,7,8). The van der Waals surface area contributed by atoms with Gasteiger partial charge in [0.2, 0.25) is 5.96 Å². The molecule has 0 aromatic rings. The second-order valence-corrected chi connectivity index (χ2v) is 7.75. The van der Waals surface area contributed by atoms with Gasteiger partial charge in [0.1, 0.15) is 0 Å². The average molecular weight is 498 g/mol. The number of nitrogens with one attached hydrogen (secondary N) is 1. The molecule has 2 heterocycles. The molecular formula is C20H31N7O8. The molecule has 15 heteroatoms. The molecule has 0 aliphatic carbocycles. The van der Waals surface area contributed by atoms with Gasteiger partial charge in [0.05, 0.1) is 0 Å². The van der Waals surface area contributed by atoms with Crippen LogP contribution in [0.15, 0.2) is 4.99 Å². The van der Waals surface area contributed by atoms with E-state index in [9.17, 15) is 28.8 Å². The van der Waals surface area contributed by atoms with E-state index in [-0.39, 0.29) is 50.4 Å². The maximum Gasteiger partial charge on any atom is 0.333 e. The first-order chi connectivity index (χ1) is 16.4. The molecule has 2 aliphatic rings. The van der Waals surface area contributed by atoms with Crippen molar-refractivity contribution in [2.24, 2.45) is 16.5 Å². The number of imide groups is 2. The Labute approximate surface area is 201 Å². The van der Waals surface area contributed by atoms with Gasteiger partial charge in [-0.15, -0.1) is 10.1 Å². The van der Waals surface area contributed by atoms with E-state index in [1.165, 1.54) is 0 Å². The molecule has 5 N–H and O–H groups in total. The highest BCUT2D eigenvalue weighted by Crippen LogP contribution is 2.15. The van der Waals surface area contributed by atoms with Gasteiger partial charge in [-0.2, -0.15) is 4.99 Å². The zero-order chi connectivity index (χ0) is 26.5. The van der Waals surface area contributed by atoms with E-state index in [0.29, 0.717) is 35.8 Å². The summed E-state index contributed by atoms with van der Waals surface area (Å²) in [6.45, 7) is 0. The number of unbranched alkanes of at least 4 members (excludes halogenated alkanes) is 3. The van der Waals surface area contributed by atoms with E-state index in [0.717, 1.165) is 0 Å². The molecule has 2 aliphatic heterocycles. The van der Waals surface area contributed by atoms with Crippen molar-refractivity contribution in [1.29, 1.82) is 5.41 Å². The fourth-order valence-corrected chi connectivity index (χ4v) is 2.73. The largest absolute Gasteiger partial charge is 0.369 e. The summed E-state index contributed by atoms with van der Waals surface area (Å²) in [5.74, 6) is -3.41. The van der Waals surface area contributed by atoms with Crippen LogP contribution < -0.4 is 11.5 Å². The first kappa shape index (κ1) is 29.0. The van der Waals surface area contributed by atoms with Crippen molar-refractivity contribution in [2.45, 2.75) is 64.2 Å². The minimum absolute atomic E-state index is 0.0524. The third kappa shape index (κ3) is 10.6. The summed E-state index contributed by atoms with van der Waals surface area (Å²) in [5, 5.41) is 7.73. The zero-order valence-corrected chi connectivity index (χ0v) is 19.8. The zero-order valence-electron chi connectivity index (χ0n) is 19.8. The van der Waals surface area contributed by atoms with Crippen LogP contribution in [0.5, 0.6) is 0 Å². The number of carbonyl (C=O) groups is 6. The molecule has 0 bridgehead atoms. The van der Waals surface area contributed by atoms with Crippen LogP contribution >= 0.6 is 0 Å². The number of rotatable bonds is 9. The predicted molar refractivity (Wildman–Crippen MR) is 119 cm³/mol. The number of guanidine groups is 2. The first-order valence-electron chi connectivity index (χ1n) is 10.9. The molecule has 0 aromatic carbocycles. The third-order valence-corrected chi connectivity index (χ3v) is 4.60. The van der Waals surface area contributed by atoms with E-state index in [1.54, 1.807) is 19.0 Å². The topological polar surface area (TPSA) is 219 Å². The highest BCUT2D eigenvalue weighted by Gasteiger charge is 2.33. The van der Waals surface area contributed by atoms with Crippen molar-refractivity contribution in [3.63, 3.8) is 0 Å². The summed E-state index contributed by atoms with van der Waals surface area (Å²) in [6.07, 6.45) is 2.54. The van der Waals surface area contributed by atoms with Gasteiger partial charge in [0.25, 0.3) is 23.6 Å². The second-order valence-electron chi connectivity index (χ2n) is 7.75. The third-order valence-electron chi connectivity index (χ3n) is 4.60. The van der Waals surface area contributed by atoms with E-state index >= 15 is 0 Å². The summed E-state index contributed by atoms with van der Waals surface area (Å²) in [6, 6.07) is 0. The Hall–Kier alpha value is -4.04. The van der Waals surface area contributed by atoms with Gasteiger partial charge in [-0.05, 0) is 12.8 Å². The number of carbonyl (C=O) groups excluding carboxylic acids is 6. The van der Waals surface area contributed by atoms with Gasteiger partial charge in [0, 0.05) is 52.6 Å². The molecule has 0 atom stereocenters. The molecule has 0 aromatic heterocycles. The summed E-state index contributed by atoms with van der Waals surface area (Å²) in [4.78, 5) is 82.8. The van der Waals surface area contributed by atoms with Crippen molar-refractivity contribution in [3.8, 4) is 0 Å². The maximum absolute atomic E-state index is 11.6. The van der Waals surface area contributed by atoms with Crippen LogP contribution in [-0.2, 0) is 38.4 Å². The normalized spacial score (nSPS) is 15.7. The monoisotopic (exact) mass is 497 g/mol. The van der Waals surface area contributed by atoms with Crippen LogP contribution in [0.3, 0.4) is 0 Å². The van der Waals surface area contributed by atoms with E-state index in [1.807, 2.05) is 0 Å². The number of aliphatic imine (C=N–C) groups is 1. The summed E-state index contributed by atoms with van der Waals surface area (Å²) >= 11 is 0. The Kier molecular flexibility index (Phi) is 11.8. The number of nitrogens with zero attached hydrogens (tertiary/aromatic N) is 4. The predicted octanol–water partition coefficient (Wildman–Crippen LogP) is -0.702. The number of hydrogen-bond acceptors (Lipinski definition) is 9. The van der Waals surface area contributed by atoms with E-state index in [2.05, 4.69) is 4.99 Å². The van der Waals surface area contributed by atoms with Gasteiger partial charge >= 0.3 is 11.9 Å². The molecule has 2 fully saturated rings. The van der Waals surface area contributed by atoms with Crippen LogP contribution in [0, 0.1) is 5.41 Å². The summed E-state index contributed by atoms with van der Waals surface area (Å²) in [7, 11) is 3.45. The van der Waals surface area contributed by atoms with Gasteiger partial charge in [-0.25, -0.2) is 9.59 Å². The van der Waals surface area contributed by atoms with Crippen LogP contribution in [0.1, 0.15) is 64.2 Å². The molecule has 0 spiro atoms. The number of hydroxylamine groups is 4. The Balaban J connectivity index is 0.000000579. The molecule has 0 unspecified atom stereocenters. The van der Waals surface area contributed by atoms with E-state index < -0.39 is 35.6 Å². The van der Waals surface area contributed by atoms with Crippen molar-refractivity contribution < 1.29 is 38.4 Å². The quantitative estimate of drug-likeness (QED) is 0.156. The number of hydrogen-bond donors (Lipinski definition) is 3. The second kappa shape index (κ2) is 14.3. The van der Waals surface area contributed by atoms with Crippen LogP contribution in [0.2, 0.25) is 0 Å². The fraction of sp³-hybridized carbons (Fsp3) is 0.600. The van der Waals surface area contributed by atoms with Crippen molar-refractivity contribution in [1.82, 2.24) is 15.0 Å². The summed E-state index contributed by atoms with van der Waals surface area (Å²) < 4.78 is 0. The Morgan fingerprint density at radius 1 is 0.800 bits per heavy atom. The maximum atomic E-state index is 11.6. The van der Waals surface area contributed by atoms with Crippen molar-refractivity contribution in [2.75, 3.05) is 14.1 Å². The van der Waals surface area contributed by atoms with Crippen molar-refractivity contribution in [3.05, 3.63) is 0 Å². The Morgan fingerprint density at radius 2 is 1.14 bits per heavy atom. The minimum Gasteiger partial charge on any atom is -0.369 e. The van der Waals surface area contributed by atoms with Gasteiger partial charge in [-0.3, -0.25) is 24.6 Å². The molecule has 15 nitrogen and oxygen atoms in total. The van der Waals surface area contributed by atoms with Crippen LogP contribution in [-0.4, -0.2) is 76.6 Å². The molecule has 194 valence electrons. The SMILES string of the molecule is CN(C)C(N)=NC(=N)N.O=C(CCCCCCC(=O)ON1C(=O)CCC1=O)ON1C(=O)CCC1=O. The molecule has 2 saturated heterocycles. The minimum atomic E-state index is -0.654. The number of amides is 4.